The highest BCUT2D eigenvalue weighted by Gasteiger charge is 2.18. The number of rotatable bonds is 8. The van der Waals surface area contributed by atoms with Crippen molar-refractivity contribution in [1.82, 2.24) is 4.90 Å². The molecule has 0 atom stereocenters. The van der Waals surface area contributed by atoms with E-state index in [1.54, 1.807) is 14.2 Å². The standard InChI is InChI=1S/C16H27NO3/c1-6-9-17(12-16(2,3)18)11-13-7-8-14(19-4)15(10-13)20-5/h7-8,10,18H,6,9,11-12H2,1-5H3. The fourth-order valence-corrected chi connectivity index (χ4v) is 2.31. The van der Waals surface area contributed by atoms with E-state index in [-0.39, 0.29) is 0 Å². The van der Waals surface area contributed by atoms with Gasteiger partial charge in [-0.05, 0) is 44.5 Å². The minimum Gasteiger partial charge on any atom is -0.493 e. The minimum atomic E-state index is -0.689. The van der Waals surface area contributed by atoms with Crippen molar-refractivity contribution in [2.45, 2.75) is 39.3 Å². The van der Waals surface area contributed by atoms with Gasteiger partial charge in [-0.3, -0.25) is 4.90 Å². The zero-order valence-corrected chi connectivity index (χ0v) is 13.3. The molecule has 0 aliphatic carbocycles. The largest absolute Gasteiger partial charge is 0.493 e. The lowest BCUT2D eigenvalue weighted by Gasteiger charge is -2.29. The summed E-state index contributed by atoms with van der Waals surface area (Å²) >= 11 is 0. The second kappa shape index (κ2) is 7.50. The van der Waals surface area contributed by atoms with Crippen LogP contribution in [-0.2, 0) is 6.54 Å². The molecule has 4 nitrogen and oxygen atoms in total. The summed E-state index contributed by atoms with van der Waals surface area (Å²) in [5.41, 5.74) is 0.464. The quantitative estimate of drug-likeness (QED) is 0.795. The smallest absolute Gasteiger partial charge is 0.161 e. The maximum absolute atomic E-state index is 9.99. The average molecular weight is 281 g/mol. The monoisotopic (exact) mass is 281 g/mol. The summed E-state index contributed by atoms with van der Waals surface area (Å²) in [4.78, 5) is 2.25. The molecule has 1 aromatic carbocycles. The van der Waals surface area contributed by atoms with Crippen molar-refractivity contribution in [3.63, 3.8) is 0 Å². The van der Waals surface area contributed by atoms with Gasteiger partial charge in [0.05, 0.1) is 19.8 Å². The van der Waals surface area contributed by atoms with Crippen molar-refractivity contribution in [2.75, 3.05) is 27.3 Å². The predicted molar refractivity (Wildman–Crippen MR) is 81.4 cm³/mol. The first-order chi connectivity index (χ1) is 9.39. The van der Waals surface area contributed by atoms with E-state index in [4.69, 9.17) is 9.47 Å². The number of hydrogen-bond donors (Lipinski definition) is 1. The first kappa shape index (κ1) is 16.8. The number of aliphatic hydroxyl groups is 1. The molecule has 114 valence electrons. The summed E-state index contributed by atoms with van der Waals surface area (Å²) < 4.78 is 10.6. The van der Waals surface area contributed by atoms with Gasteiger partial charge in [0.15, 0.2) is 11.5 Å². The summed E-state index contributed by atoms with van der Waals surface area (Å²) in [6, 6.07) is 5.95. The molecule has 0 unspecified atom stereocenters. The van der Waals surface area contributed by atoms with Crippen LogP contribution in [0.3, 0.4) is 0 Å². The van der Waals surface area contributed by atoms with Gasteiger partial charge in [0.1, 0.15) is 0 Å². The van der Waals surface area contributed by atoms with Gasteiger partial charge in [0.25, 0.3) is 0 Å². The van der Waals surface area contributed by atoms with Crippen LogP contribution in [0.1, 0.15) is 32.8 Å². The SMILES string of the molecule is CCCN(Cc1ccc(OC)c(OC)c1)CC(C)(C)O. The van der Waals surface area contributed by atoms with Crippen LogP contribution < -0.4 is 9.47 Å². The molecule has 0 bridgehead atoms. The lowest BCUT2D eigenvalue weighted by atomic mass is 10.1. The third kappa shape index (κ3) is 5.39. The Morgan fingerprint density at radius 2 is 1.80 bits per heavy atom. The maximum atomic E-state index is 9.99. The lowest BCUT2D eigenvalue weighted by molar-refractivity contribution is 0.0335. The molecule has 0 fully saturated rings. The predicted octanol–water partition coefficient (Wildman–Crippen LogP) is 2.69. The Balaban J connectivity index is 2.82. The Morgan fingerprint density at radius 1 is 1.15 bits per heavy atom. The van der Waals surface area contributed by atoms with Crippen molar-refractivity contribution in [3.8, 4) is 11.5 Å². The Kier molecular flexibility index (Phi) is 6.30. The Morgan fingerprint density at radius 3 is 2.30 bits per heavy atom. The highest BCUT2D eigenvalue weighted by Crippen LogP contribution is 2.28. The van der Waals surface area contributed by atoms with E-state index >= 15 is 0 Å². The summed E-state index contributed by atoms with van der Waals surface area (Å²) in [5.74, 6) is 1.48. The summed E-state index contributed by atoms with van der Waals surface area (Å²) in [6.07, 6.45) is 1.06. The highest BCUT2D eigenvalue weighted by molar-refractivity contribution is 5.42. The summed E-state index contributed by atoms with van der Waals surface area (Å²) in [6.45, 7) is 8.21. The van der Waals surface area contributed by atoms with E-state index in [1.807, 2.05) is 32.0 Å². The van der Waals surface area contributed by atoms with E-state index in [0.29, 0.717) is 6.54 Å². The molecule has 0 amide bonds. The molecule has 20 heavy (non-hydrogen) atoms. The third-order valence-electron chi connectivity index (χ3n) is 3.00. The molecule has 0 heterocycles. The number of hydrogen-bond acceptors (Lipinski definition) is 4. The van der Waals surface area contributed by atoms with Crippen LogP contribution in [0.15, 0.2) is 18.2 Å². The Labute approximate surface area is 122 Å². The van der Waals surface area contributed by atoms with Crippen LogP contribution in [0, 0.1) is 0 Å². The van der Waals surface area contributed by atoms with Gasteiger partial charge in [0.2, 0.25) is 0 Å². The molecule has 4 heteroatoms. The molecular formula is C16H27NO3. The van der Waals surface area contributed by atoms with Gasteiger partial charge in [-0.2, -0.15) is 0 Å². The second-order valence-electron chi connectivity index (χ2n) is 5.71. The van der Waals surface area contributed by atoms with Crippen molar-refractivity contribution in [1.29, 1.82) is 0 Å². The third-order valence-corrected chi connectivity index (χ3v) is 3.00. The molecule has 0 saturated carbocycles. The fourth-order valence-electron chi connectivity index (χ4n) is 2.31. The number of nitrogens with zero attached hydrogens (tertiary/aromatic N) is 1. The van der Waals surface area contributed by atoms with Crippen LogP contribution in [0.5, 0.6) is 11.5 Å². The van der Waals surface area contributed by atoms with E-state index in [0.717, 1.165) is 36.6 Å². The molecule has 1 N–H and O–H groups in total. The van der Waals surface area contributed by atoms with Crippen LogP contribution in [0.4, 0.5) is 0 Å². The van der Waals surface area contributed by atoms with Crippen LogP contribution in [0.25, 0.3) is 0 Å². The average Bonchev–Trinajstić information content (AvgIpc) is 2.37. The second-order valence-corrected chi connectivity index (χ2v) is 5.71. The van der Waals surface area contributed by atoms with E-state index in [1.165, 1.54) is 0 Å². The van der Waals surface area contributed by atoms with Gasteiger partial charge >= 0.3 is 0 Å². The zero-order valence-electron chi connectivity index (χ0n) is 13.3. The highest BCUT2D eigenvalue weighted by atomic mass is 16.5. The fraction of sp³-hybridized carbons (Fsp3) is 0.625. The normalized spacial score (nSPS) is 11.8. The molecule has 1 aromatic rings. The van der Waals surface area contributed by atoms with Crippen LogP contribution in [-0.4, -0.2) is 42.9 Å². The molecule has 0 radical (unpaired) electrons. The van der Waals surface area contributed by atoms with E-state index in [9.17, 15) is 5.11 Å². The summed E-state index contributed by atoms with van der Waals surface area (Å²) in [7, 11) is 3.28. The summed E-state index contributed by atoms with van der Waals surface area (Å²) in [5, 5.41) is 9.99. The molecule has 0 aliphatic heterocycles. The minimum absolute atomic E-state index is 0.648. The molecule has 0 aromatic heterocycles. The first-order valence-corrected chi connectivity index (χ1v) is 7.05. The molecule has 0 saturated heterocycles. The number of benzene rings is 1. The Hall–Kier alpha value is -1.26. The van der Waals surface area contributed by atoms with Crippen molar-refractivity contribution in [3.05, 3.63) is 23.8 Å². The van der Waals surface area contributed by atoms with Gasteiger partial charge in [-0.15, -0.1) is 0 Å². The zero-order chi connectivity index (χ0) is 15.2. The maximum Gasteiger partial charge on any atom is 0.161 e. The first-order valence-electron chi connectivity index (χ1n) is 7.05. The van der Waals surface area contributed by atoms with Gasteiger partial charge < -0.3 is 14.6 Å². The van der Waals surface area contributed by atoms with Gasteiger partial charge in [-0.1, -0.05) is 13.0 Å². The molecule has 0 spiro atoms. The number of ether oxygens (including phenoxy) is 2. The van der Waals surface area contributed by atoms with Crippen molar-refractivity contribution < 1.29 is 14.6 Å². The van der Waals surface area contributed by atoms with Gasteiger partial charge in [-0.25, -0.2) is 0 Å². The molecular weight excluding hydrogens is 254 g/mol. The van der Waals surface area contributed by atoms with E-state index < -0.39 is 5.60 Å². The Bertz CT molecular complexity index is 413. The van der Waals surface area contributed by atoms with Crippen LogP contribution >= 0.6 is 0 Å². The molecule has 0 aliphatic rings. The van der Waals surface area contributed by atoms with Crippen molar-refractivity contribution in [2.24, 2.45) is 0 Å². The van der Waals surface area contributed by atoms with Crippen LogP contribution in [0.2, 0.25) is 0 Å². The van der Waals surface area contributed by atoms with Gasteiger partial charge in [0, 0.05) is 13.1 Å². The van der Waals surface area contributed by atoms with E-state index in [2.05, 4.69) is 11.8 Å². The lowest BCUT2D eigenvalue weighted by Crippen LogP contribution is -2.38. The topological polar surface area (TPSA) is 41.9 Å². The molecule has 1 rings (SSSR count). The number of methoxy groups -OCH3 is 2. The van der Waals surface area contributed by atoms with Crippen molar-refractivity contribution >= 4 is 0 Å².